The lowest BCUT2D eigenvalue weighted by molar-refractivity contribution is -0.137. The highest BCUT2D eigenvalue weighted by molar-refractivity contribution is 6.31. The first-order valence-corrected chi connectivity index (χ1v) is 9.99. The first kappa shape index (κ1) is 20.7. The van der Waals surface area contributed by atoms with E-state index in [1.165, 1.54) is 12.1 Å². The molecule has 0 radical (unpaired) electrons. The van der Waals surface area contributed by atoms with Crippen LogP contribution < -0.4 is 4.74 Å². The number of likely N-dealkylation sites (tertiary alicyclic amines) is 1. The average Bonchev–Trinajstić information content (AvgIpc) is 3.09. The van der Waals surface area contributed by atoms with Crippen LogP contribution in [0.2, 0.25) is 5.02 Å². The largest absolute Gasteiger partial charge is 0.484 e. The van der Waals surface area contributed by atoms with Crippen LogP contribution >= 0.6 is 11.6 Å². The van der Waals surface area contributed by atoms with Crippen molar-refractivity contribution in [2.75, 3.05) is 13.1 Å². The maximum absolute atomic E-state index is 13.0. The summed E-state index contributed by atoms with van der Waals surface area (Å²) in [6, 6.07) is 10.7. The van der Waals surface area contributed by atoms with Gasteiger partial charge in [-0.1, -0.05) is 29.8 Å². The van der Waals surface area contributed by atoms with Gasteiger partial charge in [-0.05, 0) is 36.2 Å². The van der Waals surface area contributed by atoms with Gasteiger partial charge in [0.2, 0.25) is 5.91 Å². The van der Waals surface area contributed by atoms with Gasteiger partial charge in [0.1, 0.15) is 11.4 Å². The summed E-state index contributed by atoms with van der Waals surface area (Å²) in [6.45, 7) is 0.739. The van der Waals surface area contributed by atoms with Crippen LogP contribution in [0, 0.1) is 0 Å². The number of aryl methyl sites for hydroxylation is 1. The van der Waals surface area contributed by atoms with Crippen molar-refractivity contribution in [2.45, 2.75) is 37.5 Å². The van der Waals surface area contributed by atoms with Gasteiger partial charge in [0.15, 0.2) is 5.78 Å². The van der Waals surface area contributed by atoms with Crippen LogP contribution in [0.15, 0.2) is 42.5 Å². The number of benzene rings is 2. The molecule has 1 atom stereocenters. The predicted molar refractivity (Wildman–Crippen MR) is 105 cm³/mol. The standard InChI is InChI=1S/C22H19ClF3NO3/c23-17-7-5-14(11-16(17)22(24,25)26)6-8-20(29)27-10-9-21(13-27)12-18(28)15-3-1-2-4-19(15)30-21/h1-5,7,11H,6,8-10,12-13H2. The smallest absolute Gasteiger partial charge is 0.417 e. The molecule has 0 N–H and O–H groups in total. The first-order valence-electron chi connectivity index (χ1n) is 9.62. The summed E-state index contributed by atoms with van der Waals surface area (Å²) in [5.41, 5.74) is -0.685. The average molecular weight is 438 g/mol. The lowest BCUT2D eigenvalue weighted by atomic mass is 9.89. The normalized spacial score (nSPS) is 20.9. The van der Waals surface area contributed by atoms with E-state index in [0.717, 1.165) is 6.07 Å². The fourth-order valence-electron chi connectivity index (χ4n) is 4.08. The summed E-state index contributed by atoms with van der Waals surface area (Å²) in [4.78, 5) is 26.8. The van der Waals surface area contributed by atoms with Crippen molar-refractivity contribution in [3.63, 3.8) is 0 Å². The van der Waals surface area contributed by atoms with Crippen LogP contribution in [-0.2, 0) is 17.4 Å². The summed E-state index contributed by atoms with van der Waals surface area (Å²) in [7, 11) is 0. The topological polar surface area (TPSA) is 46.6 Å². The molecule has 2 aromatic rings. The van der Waals surface area contributed by atoms with Crippen molar-refractivity contribution in [3.05, 3.63) is 64.2 Å². The number of carbonyl (C=O) groups excluding carboxylic acids is 2. The SMILES string of the molecule is O=C1CC2(CCN(C(=O)CCc3ccc(Cl)c(C(F)(F)F)c3)C2)Oc2ccccc21. The molecule has 1 unspecified atom stereocenters. The maximum Gasteiger partial charge on any atom is 0.417 e. The van der Waals surface area contributed by atoms with E-state index in [0.29, 0.717) is 36.4 Å². The molecule has 0 saturated carbocycles. The number of hydrogen-bond donors (Lipinski definition) is 0. The van der Waals surface area contributed by atoms with E-state index in [1.54, 1.807) is 29.2 Å². The first-order chi connectivity index (χ1) is 14.2. The van der Waals surface area contributed by atoms with Crippen LogP contribution in [-0.4, -0.2) is 35.3 Å². The fraction of sp³-hybridized carbons (Fsp3) is 0.364. The van der Waals surface area contributed by atoms with Crippen molar-refractivity contribution in [3.8, 4) is 5.75 Å². The van der Waals surface area contributed by atoms with Gasteiger partial charge >= 0.3 is 6.18 Å². The zero-order chi connectivity index (χ0) is 21.5. The Hall–Kier alpha value is -2.54. The third-order valence-corrected chi connectivity index (χ3v) is 5.96. The molecule has 2 aliphatic rings. The molecule has 1 saturated heterocycles. The Balaban J connectivity index is 1.40. The molecule has 2 aromatic carbocycles. The maximum atomic E-state index is 13.0. The highest BCUT2D eigenvalue weighted by atomic mass is 35.5. The summed E-state index contributed by atoms with van der Waals surface area (Å²) in [5.74, 6) is 0.348. The minimum atomic E-state index is -4.54. The molecule has 2 heterocycles. The Morgan fingerprint density at radius 2 is 1.97 bits per heavy atom. The van der Waals surface area contributed by atoms with E-state index in [1.807, 2.05) is 0 Å². The number of alkyl halides is 3. The van der Waals surface area contributed by atoms with E-state index in [2.05, 4.69) is 0 Å². The second-order valence-electron chi connectivity index (χ2n) is 7.76. The molecule has 0 bridgehead atoms. The highest BCUT2D eigenvalue weighted by Gasteiger charge is 2.46. The quantitative estimate of drug-likeness (QED) is 0.684. The molecule has 1 amide bonds. The predicted octanol–water partition coefficient (Wildman–Crippen LogP) is 4.93. The second kappa shape index (κ2) is 7.61. The van der Waals surface area contributed by atoms with Crippen molar-refractivity contribution in [2.24, 2.45) is 0 Å². The van der Waals surface area contributed by atoms with Gasteiger partial charge in [0, 0.05) is 19.4 Å². The van der Waals surface area contributed by atoms with E-state index in [4.69, 9.17) is 16.3 Å². The number of Topliss-reactive ketones (excluding diaryl/α,β-unsaturated/α-hetero) is 1. The minimum absolute atomic E-state index is 0.00741. The molecule has 0 aromatic heterocycles. The number of fused-ring (bicyclic) bond motifs is 1. The molecule has 30 heavy (non-hydrogen) atoms. The van der Waals surface area contributed by atoms with Gasteiger partial charge in [-0.15, -0.1) is 0 Å². The summed E-state index contributed by atoms with van der Waals surface area (Å²) in [6.07, 6.45) is -3.55. The Morgan fingerprint density at radius 3 is 2.73 bits per heavy atom. The Kier molecular flexibility index (Phi) is 5.26. The zero-order valence-electron chi connectivity index (χ0n) is 16.0. The molecule has 4 rings (SSSR count). The van der Waals surface area contributed by atoms with Gasteiger partial charge in [0.25, 0.3) is 0 Å². The van der Waals surface area contributed by atoms with Crippen LogP contribution in [0.1, 0.15) is 40.7 Å². The van der Waals surface area contributed by atoms with Crippen LogP contribution in [0.5, 0.6) is 5.75 Å². The number of ether oxygens (including phenoxy) is 1. The monoisotopic (exact) mass is 437 g/mol. The van der Waals surface area contributed by atoms with Crippen LogP contribution in [0.25, 0.3) is 0 Å². The number of carbonyl (C=O) groups is 2. The summed E-state index contributed by atoms with van der Waals surface area (Å²) in [5, 5.41) is -0.363. The van der Waals surface area contributed by atoms with Crippen molar-refractivity contribution < 1.29 is 27.5 Å². The van der Waals surface area contributed by atoms with Crippen molar-refractivity contribution in [1.82, 2.24) is 4.90 Å². The highest BCUT2D eigenvalue weighted by Crippen LogP contribution is 2.39. The third kappa shape index (κ3) is 4.03. The molecule has 8 heteroatoms. The van der Waals surface area contributed by atoms with E-state index in [9.17, 15) is 22.8 Å². The lowest BCUT2D eigenvalue weighted by Crippen LogP contribution is -2.45. The Morgan fingerprint density at radius 1 is 1.20 bits per heavy atom. The zero-order valence-corrected chi connectivity index (χ0v) is 16.7. The molecule has 2 aliphatic heterocycles. The fourth-order valence-corrected chi connectivity index (χ4v) is 4.31. The van der Waals surface area contributed by atoms with Gasteiger partial charge in [-0.2, -0.15) is 13.2 Å². The van der Waals surface area contributed by atoms with Gasteiger partial charge in [-0.3, -0.25) is 9.59 Å². The summed E-state index contributed by atoms with van der Waals surface area (Å²) < 4.78 is 45.1. The van der Waals surface area contributed by atoms with Gasteiger partial charge in [-0.25, -0.2) is 0 Å². The van der Waals surface area contributed by atoms with Gasteiger partial charge in [0.05, 0.1) is 29.1 Å². The number of rotatable bonds is 3. The molecule has 0 aliphatic carbocycles. The van der Waals surface area contributed by atoms with E-state index in [-0.39, 0.29) is 36.0 Å². The second-order valence-corrected chi connectivity index (χ2v) is 8.17. The summed E-state index contributed by atoms with van der Waals surface area (Å²) >= 11 is 5.64. The third-order valence-electron chi connectivity index (χ3n) is 5.63. The van der Waals surface area contributed by atoms with Crippen molar-refractivity contribution >= 4 is 23.3 Å². The van der Waals surface area contributed by atoms with E-state index < -0.39 is 17.3 Å². The van der Waals surface area contributed by atoms with Gasteiger partial charge < -0.3 is 9.64 Å². The number of para-hydroxylation sites is 1. The number of hydrogen-bond acceptors (Lipinski definition) is 3. The number of nitrogens with zero attached hydrogens (tertiary/aromatic N) is 1. The van der Waals surface area contributed by atoms with E-state index >= 15 is 0 Å². The van der Waals surface area contributed by atoms with Crippen LogP contribution in [0.4, 0.5) is 13.2 Å². The molecular weight excluding hydrogens is 419 g/mol. The Bertz CT molecular complexity index is 1010. The Labute approximate surface area is 176 Å². The van der Waals surface area contributed by atoms with Crippen LogP contribution in [0.3, 0.4) is 0 Å². The molecule has 1 fully saturated rings. The number of amides is 1. The lowest BCUT2D eigenvalue weighted by Gasteiger charge is -2.34. The number of halogens is 4. The molecular formula is C22H19ClF3NO3. The molecule has 4 nitrogen and oxygen atoms in total. The minimum Gasteiger partial charge on any atom is -0.484 e. The molecule has 1 spiro atoms. The molecule has 158 valence electrons. The number of ketones is 1. The van der Waals surface area contributed by atoms with Crippen molar-refractivity contribution in [1.29, 1.82) is 0 Å².